The molecule has 0 bridgehead atoms. The third-order valence-corrected chi connectivity index (χ3v) is 5.61. The van der Waals surface area contributed by atoms with Crippen molar-refractivity contribution in [2.45, 2.75) is 13.5 Å². The van der Waals surface area contributed by atoms with Crippen molar-refractivity contribution in [2.75, 3.05) is 44.8 Å². The van der Waals surface area contributed by atoms with Gasteiger partial charge in [-0.05, 0) is 24.6 Å². The molecule has 0 radical (unpaired) electrons. The van der Waals surface area contributed by atoms with Gasteiger partial charge in [-0.2, -0.15) is 0 Å². The summed E-state index contributed by atoms with van der Waals surface area (Å²) in [7, 11) is 1.62. The lowest BCUT2D eigenvalue weighted by Gasteiger charge is -2.35. The van der Waals surface area contributed by atoms with Gasteiger partial charge in [0.25, 0.3) is 0 Å². The third kappa shape index (κ3) is 4.35. The predicted octanol–water partition coefficient (Wildman–Crippen LogP) is 3.34. The summed E-state index contributed by atoms with van der Waals surface area (Å²) in [6, 6.07) is 15.7. The molecule has 31 heavy (non-hydrogen) atoms. The van der Waals surface area contributed by atoms with Gasteiger partial charge in [0, 0.05) is 50.4 Å². The minimum Gasteiger partial charge on any atom is -0.497 e. The summed E-state index contributed by atoms with van der Waals surface area (Å²) in [5.41, 5.74) is 2.62. The van der Waals surface area contributed by atoms with E-state index < -0.39 is 0 Å². The molecular weight excluding hydrogens is 394 g/mol. The Morgan fingerprint density at radius 2 is 1.77 bits per heavy atom. The van der Waals surface area contributed by atoms with Crippen LogP contribution in [0.4, 0.5) is 10.5 Å². The van der Waals surface area contributed by atoms with Gasteiger partial charge in [-0.25, -0.2) is 4.79 Å². The molecule has 1 aliphatic rings. The molecule has 7 heteroatoms. The smallest absolute Gasteiger partial charge is 0.409 e. The second-order valence-electron chi connectivity index (χ2n) is 7.51. The summed E-state index contributed by atoms with van der Waals surface area (Å²) in [4.78, 5) is 29.1. The number of nitrogens with zero attached hydrogens (tertiary/aromatic N) is 3. The summed E-state index contributed by atoms with van der Waals surface area (Å²) in [5, 5.41) is 0.655. The van der Waals surface area contributed by atoms with Gasteiger partial charge in [0.2, 0.25) is 5.43 Å². The van der Waals surface area contributed by atoms with Crippen LogP contribution in [0.25, 0.3) is 10.9 Å². The number of rotatable bonds is 5. The van der Waals surface area contributed by atoms with E-state index in [9.17, 15) is 9.59 Å². The third-order valence-electron chi connectivity index (χ3n) is 5.61. The minimum absolute atomic E-state index is 0.00782. The highest BCUT2D eigenvalue weighted by Gasteiger charge is 2.24. The Kier molecular flexibility index (Phi) is 6.11. The number of anilines is 1. The maximum Gasteiger partial charge on any atom is 0.409 e. The van der Waals surface area contributed by atoms with Gasteiger partial charge in [-0.15, -0.1) is 0 Å². The van der Waals surface area contributed by atoms with Crippen molar-refractivity contribution < 1.29 is 14.3 Å². The molecule has 0 N–H and O–H groups in total. The van der Waals surface area contributed by atoms with Gasteiger partial charge in [0.15, 0.2) is 0 Å². The number of hydrogen-bond acceptors (Lipinski definition) is 5. The molecule has 2 heterocycles. The van der Waals surface area contributed by atoms with E-state index in [0.717, 1.165) is 11.1 Å². The van der Waals surface area contributed by atoms with Gasteiger partial charge < -0.3 is 23.8 Å². The molecule has 0 spiro atoms. The predicted molar refractivity (Wildman–Crippen MR) is 121 cm³/mol. The first-order valence-electron chi connectivity index (χ1n) is 10.5. The Morgan fingerprint density at radius 3 is 2.45 bits per heavy atom. The average molecular weight is 421 g/mol. The van der Waals surface area contributed by atoms with Crippen LogP contribution in [-0.2, 0) is 11.3 Å². The van der Waals surface area contributed by atoms with Crippen LogP contribution < -0.4 is 15.1 Å². The second-order valence-corrected chi connectivity index (χ2v) is 7.51. The molecule has 2 aromatic carbocycles. The van der Waals surface area contributed by atoms with E-state index in [1.54, 1.807) is 18.9 Å². The maximum absolute atomic E-state index is 13.3. The highest BCUT2D eigenvalue weighted by Crippen LogP contribution is 2.23. The van der Waals surface area contributed by atoms with Crippen LogP contribution in [0.1, 0.15) is 12.5 Å². The van der Waals surface area contributed by atoms with Crippen molar-refractivity contribution >= 4 is 22.7 Å². The van der Waals surface area contributed by atoms with E-state index in [0.29, 0.717) is 56.2 Å². The summed E-state index contributed by atoms with van der Waals surface area (Å²) >= 11 is 0. The quantitative estimate of drug-likeness (QED) is 0.632. The second kappa shape index (κ2) is 9.12. The number of carbonyl (C=O) groups excluding carboxylic acids is 1. The Morgan fingerprint density at radius 1 is 1.03 bits per heavy atom. The lowest BCUT2D eigenvalue weighted by Crippen LogP contribution is -2.50. The van der Waals surface area contributed by atoms with Gasteiger partial charge in [0.1, 0.15) is 11.4 Å². The van der Waals surface area contributed by atoms with Gasteiger partial charge in [0.05, 0.1) is 19.2 Å². The van der Waals surface area contributed by atoms with Crippen molar-refractivity contribution in [3.8, 4) is 5.75 Å². The van der Waals surface area contributed by atoms with Crippen LogP contribution in [0.3, 0.4) is 0 Å². The SMILES string of the molecule is CCOC(=O)N1CCN(c2cn(Cc3ccccc3)c3cc(OC)ccc3c2=O)CC1. The van der Waals surface area contributed by atoms with E-state index in [1.165, 1.54) is 0 Å². The first kappa shape index (κ1) is 20.8. The van der Waals surface area contributed by atoms with Crippen LogP contribution in [0.5, 0.6) is 5.75 Å². The number of fused-ring (bicyclic) bond motifs is 1. The first-order chi connectivity index (χ1) is 15.1. The van der Waals surface area contributed by atoms with Crippen LogP contribution in [0.2, 0.25) is 0 Å². The fourth-order valence-electron chi connectivity index (χ4n) is 3.96. The first-order valence-corrected chi connectivity index (χ1v) is 10.5. The summed E-state index contributed by atoms with van der Waals surface area (Å²) in [5.74, 6) is 0.713. The number of carbonyl (C=O) groups is 1. The Balaban J connectivity index is 1.70. The largest absolute Gasteiger partial charge is 0.497 e. The Hall–Kier alpha value is -3.48. The van der Waals surface area contributed by atoms with E-state index >= 15 is 0 Å². The highest BCUT2D eigenvalue weighted by atomic mass is 16.6. The van der Waals surface area contributed by atoms with Crippen molar-refractivity contribution in [3.63, 3.8) is 0 Å². The molecule has 0 saturated carbocycles. The van der Waals surface area contributed by atoms with Gasteiger partial charge in [-0.1, -0.05) is 30.3 Å². The molecule has 1 aliphatic heterocycles. The summed E-state index contributed by atoms with van der Waals surface area (Å²) in [6.07, 6.45) is 1.63. The van der Waals surface area contributed by atoms with Gasteiger partial charge in [-0.3, -0.25) is 4.79 Å². The number of aromatic nitrogens is 1. The van der Waals surface area contributed by atoms with Crippen molar-refractivity contribution in [3.05, 3.63) is 70.5 Å². The molecule has 4 rings (SSSR count). The molecule has 3 aromatic rings. The molecule has 1 aromatic heterocycles. The van der Waals surface area contributed by atoms with E-state index in [-0.39, 0.29) is 11.5 Å². The molecular formula is C24H27N3O4. The Labute approximate surface area is 181 Å². The normalized spacial score (nSPS) is 14.0. The zero-order valence-electron chi connectivity index (χ0n) is 17.9. The molecule has 7 nitrogen and oxygen atoms in total. The number of benzene rings is 2. The van der Waals surface area contributed by atoms with Gasteiger partial charge >= 0.3 is 6.09 Å². The average Bonchev–Trinajstić information content (AvgIpc) is 2.81. The summed E-state index contributed by atoms with van der Waals surface area (Å²) in [6.45, 7) is 5.02. The van der Waals surface area contributed by atoms with Crippen LogP contribution >= 0.6 is 0 Å². The molecule has 0 atom stereocenters. The standard InChI is InChI=1S/C24H27N3O4/c1-3-31-24(29)26-13-11-25(12-14-26)22-17-27(16-18-7-5-4-6-8-18)21-15-19(30-2)9-10-20(21)23(22)28/h4-10,15,17H,3,11-14,16H2,1-2H3. The lowest BCUT2D eigenvalue weighted by molar-refractivity contribution is 0.105. The molecule has 162 valence electrons. The van der Waals surface area contributed by atoms with Crippen molar-refractivity contribution in [2.24, 2.45) is 0 Å². The number of amides is 1. The van der Waals surface area contributed by atoms with E-state index in [1.807, 2.05) is 42.6 Å². The topological polar surface area (TPSA) is 64.0 Å². The van der Waals surface area contributed by atoms with Crippen LogP contribution in [0.15, 0.2) is 59.5 Å². The maximum atomic E-state index is 13.3. The fraction of sp³-hybridized carbons (Fsp3) is 0.333. The zero-order chi connectivity index (χ0) is 21.8. The number of methoxy groups -OCH3 is 1. The molecule has 1 saturated heterocycles. The van der Waals surface area contributed by atoms with Crippen LogP contribution in [-0.4, -0.2) is 55.5 Å². The van der Waals surface area contributed by atoms with E-state index in [2.05, 4.69) is 21.6 Å². The molecule has 0 aliphatic carbocycles. The molecule has 1 fully saturated rings. The monoisotopic (exact) mass is 421 g/mol. The number of piperazine rings is 1. The zero-order valence-corrected chi connectivity index (χ0v) is 17.9. The molecule has 1 amide bonds. The van der Waals surface area contributed by atoms with Crippen LogP contribution in [0, 0.1) is 0 Å². The number of hydrogen-bond donors (Lipinski definition) is 0. The lowest BCUT2D eigenvalue weighted by atomic mass is 10.1. The highest BCUT2D eigenvalue weighted by molar-refractivity contribution is 5.84. The van der Waals surface area contributed by atoms with E-state index in [4.69, 9.17) is 9.47 Å². The summed E-state index contributed by atoms with van der Waals surface area (Å²) < 4.78 is 12.6. The minimum atomic E-state index is -0.297. The van der Waals surface area contributed by atoms with Crippen molar-refractivity contribution in [1.29, 1.82) is 0 Å². The molecule has 0 unspecified atom stereocenters. The van der Waals surface area contributed by atoms with Crippen molar-refractivity contribution in [1.82, 2.24) is 9.47 Å². The Bertz CT molecular complexity index is 1120. The number of ether oxygens (including phenoxy) is 2. The fourth-order valence-corrected chi connectivity index (χ4v) is 3.96. The number of pyridine rings is 1.